The lowest BCUT2D eigenvalue weighted by Gasteiger charge is -2.34. The van der Waals surface area contributed by atoms with Gasteiger partial charge in [-0.1, -0.05) is 11.6 Å². The van der Waals surface area contributed by atoms with Crippen LogP contribution in [0, 0.1) is 0 Å². The van der Waals surface area contributed by atoms with Crippen molar-refractivity contribution in [3.8, 4) is 0 Å². The lowest BCUT2D eigenvalue weighted by molar-refractivity contribution is -0.137. The van der Waals surface area contributed by atoms with Crippen LogP contribution in [-0.2, 0) is 16.2 Å². The summed E-state index contributed by atoms with van der Waals surface area (Å²) in [7, 11) is -3.99. The molecule has 0 radical (unpaired) electrons. The molecule has 1 amide bonds. The number of sulfonamides is 1. The third-order valence-corrected chi connectivity index (χ3v) is 6.16. The minimum atomic E-state index is -4.56. The first kappa shape index (κ1) is 20.4. The second-order valence-electron chi connectivity index (χ2n) is 5.90. The molecule has 1 saturated heterocycles. The predicted molar refractivity (Wildman–Crippen MR) is 92.4 cm³/mol. The maximum Gasteiger partial charge on any atom is 0.417 e. The molecule has 28 heavy (non-hydrogen) atoms. The summed E-state index contributed by atoms with van der Waals surface area (Å²) in [6.07, 6.45) is -3.88. The highest BCUT2D eigenvalue weighted by molar-refractivity contribution is 7.89. The van der Waals surface area contributed by atoms with Crippen LogP contribution in [0.3, 0.4) is 0 Å². The van der Waals surface area contributed by atoms with Crippen LogP contribution < -0.4 is 10.6 Å². The van der Waals surface area contributed by atoms with Gasteiger partial charge in [0.2, 0.25) is 5.09 Å². The van der Waals surface area contributed by atoms with E-state index in [1.54, 1.807) is 4.90 Å². The van der Waals surface area contributed by atoms with Gasteiger partial charge in [0.1, 0.15) is 5.82 Å². The molecule has 0 aromatic carbocycles. The van der Waals surface area contributed by atoms with Crippen LogP contribution in [0.2, 0.25) is 5.02 Å². The quantitative estimate of drug-likeness (QED) is 0.781. The molecular weight excluding hydrogens is 425 g/mol. The number of hydrogen-bond donors (Lipinski definition) is 1. The van der Waals surface area contributed by atoms with Crippen LogP contribution >= 0.6 is 11.6 Å². The molecular formula is C15H14ClF3N4O4S. The number of piperazine rings is 1. The Balaban J connectivity index is 1.73. The van der Waals surface area contributed by atoms with E-state index in [9.17, 15) is 26.4 Å². The molecule has 8 nitrogen and oxygen atoms in total. The van der Waals surface area contributed by atoms with Gasteiger partial charge in [0.25, 0.3) is 15.9 Å². The Morgan fingerprint density at radius 2 is 1.86 bits per heavy atom. The number of carbonyl (C=O) groups is 1. The van der Waals surface area contributed by atoms with E-state index < -0.39 is 32.8 Å². The largest absolute Gasteiger partial charge is 0.438 e. The van der Waals surface area contributed by atoms with Crippen LogP contribution in [0.5, 0.6) is 0 Å². The molecule has 0 aliphatic carbocycles. The van der Waals surface area contributed by atoms with Crippen LogP contribution in [0.4, 0.5) is 19.0 Å². The zero-order chi connectivity index (χ0) is 20.7. The molecule has 1 fully saturated rings. The molecule has 2 aromatic rings. The number of anilines is 1. The number of rotatable bonds is 4. The summed E-state index contributed by atoms with van der Waals surface area (Å²) in [5, 5.41) is -0.594. The van der Waals surface area contributed by atoms with E-state index in [1.165, 1.54) is 0 Å². The summed E-state index contributed by atoms with van der Waals surface area (Å²) in [5.41, 5.74) is 4.08. The van der Waals surface area contributed by atoms with Crippen molar-refractivity contribution in [2.45, 2.75) is 11.3 Å². The van der Waals surface area contributed by atoms with Gasteiger partial charge in [-0.05, 0) is 18.2 Å². The van der Waals surface area contributed by atoms with E-state index in [0.717, 1.165) is 22.5 Å². The topological polar surface area (TPSA) is 110 Å². The van der Waals surface area contributed by atoms with Gasteiger partial charge >= 0.3 is 6.18 Å². The summed E-state index contributed by atoms with van der Waals surface area (Å²) in [4.78, 5) is 16.4. The Morgan fingerprint density at radius 1 is 1.21 bits per heavy atom. The standard InChI is InChI=1S/C15H14ClF3N4O4S/c16-10-7-9(15(17,18)19)8-21-14(10)22-3-5-23(6-4-22)28(25,26)12-2-1-11(27-12)13(20)24/h1-2,7-8H,3-6H2,(H2,20,24). The highest BCUT2D eigenvalue weighted by atomic mass is 35.5. The van der Waals surface area contributed by atoms with Gasteiger partial charge in [-0.15, -0.1) is 0 Å². The normalized spacial score (nSPS) is 16.4. The number of nitrogens with two attached hydrogens (primary N) is 1. The van der Waals surface area contributed by atoms with Gasteiger partial charge in [-0.3, -0.25) is 4.79 Å². The average molecular weight is 439 g/mol. The molecule has 0 unspecified atom stereocenters. The molecule has 1 aliphatic heterocycles. The Bertz CT molecular complexity index is 1000. The van der Waals surface area contributed by atoms with Crippen molar-refractivity contribution in [2.24, 2.45) is 5.73 Å². The minimum absolute atomic E-state index is 0.0218. The number of aromatic nitrogens is 1. The van der Waals surface area contributed by atoms with E-state index in [-0.39, 0.29) is 42.8 Å². The van der Waals surface area contributed by atoms with Crippen molar-refractivity contribution in [1.29, 1.82) is 0 Å². The smallest absolute Gasteiger partial charge is 0.417 e. The molecule has 0 saturated carbocycles. The Labute approximate surface area is 162 Å². The number of pyridine rings is 1. The summed E-state index contributed by atoms with van der Waals surface area (Å²) >= 11 is 5.93. The van der Waals surface area contributed by atoms with E-state index >= 15 is 0 Å². The number of alkyl halides is 3. The predicted octanol–water partition coefficient (Wildman–Crippen LogP) is 1.96. The Kier molecular flexibility index (Phi) is 5.30. The zero-order valence-electron chi connectivity index (χ0n) is 14.1. The van der Waals surface area contributed by atoms with E-state index in [1.807, 2.05) is 0 Å². The molecule has 0 spiro atoms. The average Bonchev–Trinajstić information content (AvgIpc) is 3.12. The second kappa shape index (κ2) is 7.26. The first-order valence-corrected chi connectivity index (χ1v) is 9.69. The minimum Gasteiger partial charge on any atom is -0.438 e. The van der Waals surface area contributed by atoms with Crippen molar-refractivity contribution >= 4 is 33.3 Å². The van der Waals surface area contributed by atoms with Crippen molar-refractivity contribution in [3.05, 3.63) is 40.7 Å². The van der Waals surface area contributed by atoms with Crippen molar-refractivity contribution in [2.75, 3.05) is 31.1 Å². The fourth-order valence-electron chi connectivity index (χ4n) is 2.68. The number of carbonyl (C=O) groups excluding carboxylic acids is 1. The first-order chi connectivity index (χ1) is 13.0. The SMILES string of the molecule is NC(=O)c1ccc(S(=O)(=O)N2CCN(c3ncc(C(F)(F)F)cc3Cl)CC2)o1. The maximum absolute atomic E-state index is 12.7. The molecule has 152 valence electrons. The van der Waals surface area contributed by atoms with Crippen molar-refractivity contribution in [1.82, 2.24) is 9.29 Å². The van der Waals surface area contributed by atoms with Gasteiger partial charge in [-0.25, -0.2) is 13.4 Å². The lowest BCUT2D eigenvalue weighted by atomic mass is 10.2. The zero-order valence-corrected chi connectivity index (χ0v) is 15.7. The van der Waals surface area contributed by atoms with Gasteiger partial charge in [0.15, 0.2) is 5.76 Å². The number of amides is 1. The van der Waals surface area contributed by atoms with E-state index in [2.05, 4.69) is 4.98 Å². The lowest BCUT2D eigenvalue weighted by Crippen LogP contribution is -2.49. The monoisotopic (exact) mass is 438 g/mol. The number of halogens is 4. The third kappa shape index (κ3) is 3.93. The second-order valence-corrected chi connectivity index (χ2v) is 8.18. The third-order valence-electron chi connectivity index (χ3n) is 4.11. The molecule has 0 atom stereocenters. The van der Waals surface area contributed by atoms with Crippen LogP contribution in [0.25, 0.3) is 0 Å². The number of furan rings is 1. The molecule has 13 heteroatoms. The molecule has 3 heterocycles. The number of primary amides is 1. The van der Waals surface area contributed by atoms with Crippen molar-refractivity contribution in [3.63, 3.8) is 0 Å². The highest BCUT2D eigenvalue weighted by Gasteiger charge is 2.34. The van der Waals surface area contributed by atoms with E-state index in [0.29, 0.717) is 6.20 Å². The Morgan fingerprint density at radius 3 is 2.36 bits per heavy atom. The van der Waals surface area contributed by atoms with Crippen LogP contribution in [0.15, 0.2) is 33.9 Å². The van der Waals surface area contributed by atoms with Gasteiger partial charge in [0, 0.05) is 32.4 Å². The number of hydrogen-bond acceptors (Lipinski definition) is 6. The summed E-state index contributed by atoms with van der Waals surface area (Å²) in [5.74, 6) is -1.03. The molecule has 1 aliphatic rings. The Hall–Kier alpha value is -2.31. The summed E-state index contributed by atoms with van der Waals surface area (Å²) in [6.45, 7) is 0.351. The van der Waals surface area contributed by atoms with Gasteiger partial charge in [-0.2, -0.15) is 17.5 Å². The fourth-order valence-corrected chi connectivity index (χ4v) is 4.30. The highest BCUT2D eigenvalue weighted by Crippen LogP contribution is 2.34. The van der Waals surface area contributed by atoms with E-state index in [4.69, 9.17) is 21.8 Å². The van der Waals surface area contributed by atoms with Crippen molar-refractivity contribution < 1.29 is 30.8 Å². The number of nitrogens with zero attached hydrogens (tertiary/aromatic N) is 3. The molecule has 0 bridgehead atoms. The fraction of sp³-hybridized carbons (Fsp3) is 0.333. The maximum atomic E-state index is 12.7. The van der Waals surface area contributed by atoms with Gasteiger partial charge in [0.05, 0.1) is 10.6 Å². The van der Waals surface area contributed by atoms with Crippen LogP contribution in [0.1, 0.15) is 16.1 Å². The summed E-state index contributed by atoms with van der Waals surface area (Å²) in [6, 6.07) is 3.08. The van der Waals surface area contributed by atoms with Gasteiger partial charge < -0.3 is 15.1 Å². The molecule has 2 N–H and O–H groups in total. The van der Waals surface area contributed by atoms with Crippen LogP contribution in [-0.4, -0.2) is 49.8 Å². The molecule has 3 rings (SSSR count). The first-order valence-electron chi connectivity index (χ1n) is 7.87. The summed E-state index contributed by atoms with van der Waals surface area (Å²) < 4.78 is 69.4. The molecule has 2 aromatic heterocycles.